The number of rotatable bonds is 4. The van der Waals surface area contributed by atoms with Crippen LogP contribution in [0.3, 0.4) is 0 Å². The summed E-state index contributed by atoms with van der Waals surface area (Å²) in [5.74, 6) is 1.06. The third-order valence-corrected chi connectivity index (χ3v) is 3.53. The predicted molar refractivity (Wildman–Crippen MR) is 82.9 cm³/mol. The van der Waals surface area contributed by atoms with E-state index in [1.54, 1.807) is 0 Å². The maximum Gasteiger partial charge on any atom is 0.131 e. The highest BCUT2D eigenvalue weighted by atomic mass is 15.1. The lowest BCUT2D eigenvalue weighted by molar-refractivity contribution is 0.826. The van der Waals surface area contributed by atoms with Gasteiger partial charge in [0.1, 0.15) is 5.82 Å². The number of nitrogens with two attached hydrogens (primary N) is 1. The van der Waals surface area contributed by atoms with Crippen molar-refractivity contribution in [1.82, 2.24) is 4.98 Å². The van der Waals surface area contributed by atoms with Crippen LogP contribution in [0.25, 0.3) is 10.9 Å². The van der Waals surface area contributed by atoms with E-state index in [4.69, 9.17) is 10.7 Å². The van der Waals surface area contributed by atoms with Crippen LogP contribution in [0.4, 0.5) is 5.82 Å². The Kier molecular flexibility index (Phi) is 4.05. The van der Waals surface area contributed by atoms with E-state index in [9.17, 15) is 0 Å². The topological polar surface area (TPSA) is 42.2 Å². The molecule has 1 aromatic carbocycles. The van der Waals surface area contributed by atoms with Gasteiger partial charge in [-0.1, -0.05) is 12.1 Å². The molecule has 2 N–H and O–H groups in total. The van der Waals surface area contributed by atoms with Gasteiger partial charge in [-0.05, 0) is 56.0 Å². The molecule has 1 aromatic heterocycles. The van der Waals surface area contributed by atoms with Crippen molar-refractivity contribution in [3.8, 4) is 0 Å². The van der Waals surface area contributed by atoms with Crippen molar-refractivity contribution in [2.24, 2.45) is 5.73 Å². The third-order valence-electron chi connectivity index (χ3n) is 3.53. The summed E-state index contributed by atoms with van der Waals surface area (Å²) in [6.07, 6.45) is 1.99. The molecule has 0 atom stereocenters. The first-order valence-electron chi connectivity index (χ1n) is 6.82. The molecule has 0 radical (unpaired) electrons. The number of hydrogen-bond acceptors (Lipinski definition) is 3. The standard InChI is InChI=1S/C16H23N3/c1-11-7-8-12(2)15-14(11)10-13(6-5-9-17)16(18-15)19(3)4/h7-8,10H,5-6,9,17H2,1-4H3. The summed E-state index contributed by atoms with van der Waals surface area (Å²) < 4.78 is 0. The summed E-state index contributed by atoms with van der Waals surface area (Å²) in [6.45, 7) is 4.98. The molecule has 2 rings (SSSR count). The van der Waals surface area contributed by atoms with E-state index >= 15 is 0 Å². The molecule has 0 fully saturated rings. The lowest BCUT2D eigenvalue weighted by Gasteiger charge is -2.18. The van der Waals surface area contributed by atoms with Crippen LogP contribution >= 0.6 is 0 Å². The highest BCUT2D eigenvalue weighted by molar-refractivity contribution is 5.87. The molecule has 0 aliphatic heterocycles. The minimum absolute atomic E-state index is 0.720. The maximum absolute atomic E-state index is 5.64. The Bertz CT molecular complexity index is 588. The molecule has 3 nitrogen and oxygen atoms in total. The molecule has 0 aliphatic rings. The van der Waals surface area contributed by atoms with Crippen LogP contribution in [0.2, 0.25) is 0 Å². The van der Waals surface area contributed by atoms with Gasteiger partial charge in [0.05, 0.1) is 5.52 Å². The second-order valence-corrected chi connectivity index (χ2v) is 5.35. The summed E-state index contributed by atoms with van der Waals surface area (Å²) in [5.41, 5.74) is 10.6. The first kappa shape index (κ1) is 13.8. The summed E-state index contributed by atoms with van der Waals surface area (Å²) in [7, 11) is 4.09. The maximum atomic E-state index is 5.64. The monoisotopic (exact) mass is 257 g/mol. The molecule has 2 aromatic rings. The third kappa shape index (κ3) is 2.71. The molecule has 19 heavy (non-hydrogen) atoms. The Balaban J connectivity index is 2.65. The van der Waals surface area contributed by atoms with Crippen molar-refractivity contribution in [1.29, 1.82) is 0 Å². The first-order chi connectivity index (χ1) is 9.04. The second-order valence-electron chi connectivity index (χ2n) is 5.35. The molecular weight excluding hydrogens is 234 g/mol. The number of aromatic nitrogens is 1. The van der Waals surface area contributed by atoms with Crippen molar-refractivity contribution >= 4 is 16.7 Å². The van der Waals surface area contributed by atoms with Crippen LogP contribution in [0.1, 0.15) is 23.1 Å². The highest BCUT2D eigenvalue weighted by Crippen LogP contribution is 2.27. The second kappa shape index (κ2) is 5.57. The average Bonchev–Trinajstić information content (AvgIpc) is 2.39. The van der Waals surface area contributed by atoms with E-state index in [0.29, 0.717) is 0 Å². The van der Waals surface area contributed by atoms with Gasteiger partial charge >= 0.3 is 0 Å². The zero-order valence-electron chi connectivity index (χ0n) is 12.3. The van der Waals surface area contributed by atoms with Crippen LogP contribution in [0.15, 0.2) is 18.2 Å². The van der Waals surface area contributed by atoms with Crippen molar-refractivity contribution in [2.75, 3.05) is 25.5 Å². The van der Waals surface area contributed by atoms with Gasteiger partial charge in [-0.3, -0.25) is 0 Å². The van der Waals surface area contributed by atoms with Crippen molar-refractivity contribution < 1.29 is 0 Å². The quantitative estimate of drug-likeness (QED) is 0.915. The van der Waals surface area contributed by atoms with E-state index in [-0.39, 0.29) is 0 Å². The normalized spacial score (nSPS) is 11.0. The molecule has 0 saturated heterocycles. The number of hydrogen-bond donors (Lipinski definition) is 1. The summed E-state index contributed by atoms with van der Waals surface area (Å²) in [6, 6.07) is 6.60. The zero-order chi connectivity index (χ0) is 14.0. The zero-order valence-corrected chi connectivity index (χ0v) is 12.3. The van der Waals surface area contributed by atoms with E-state index in [2.05, 4.69) is 36.9 Å². The number of anilines is 1. The van der Waals surface area contributed by atoms with Gasteiger partial charge in [0, 0.05) is 19.5 Å². The minimum atomic E-state index is 0.720. The number of pyridine rings is 1. The van der Waals surface area contributed by atoms with E-state index in [0.717, 1.165) is 30.7 Å². The highest BCUT2D eigenvalue weighted by Gasteiger charge is 2.11. The lowest BCUT2D eigenvalue weighted by Crippen LogP contribution is -2.14. The smallest absolute Gasteiger partial charge is 0.131 e. The van der Waals surface area contributed by atoms with Gasteiger partial charge in [-0.25, -0.2) is 4.98 Å². The SMILES string of the molecule is Cc1ccc(C)c2nc(N(C)C)c(CCCN)cc12. The number of fused-ring (bicyclic) bond motifs is 1. The van der Waals surface area contributed by atoms with Gasteiger partial charge < -0.3 is 10.6 Å². The van der Waals surface area contributed by atoms with Crippen molar-refractivity contribution in [3.05, 3.63) is 34.9 Å². The fourth-order valence-corrected chi connectivity index (χ4v) is 2.43. The first-order valence-corrected chi connectivity index (χ1v) is 6.82. The molecule has 102 valence electrons. The number of nitrogens with zero attached hydrogens (tertiary/aromatic N) is 2. The van der Waals surface area contributed by atoms with Crippen LogP contribution in [-0.2, 0) is 6.42 Å². The van der Waals surface area contributed by atoms with E-state index in [1.807, 2.05) is 14.1 Å². The van der Waals surface area contributed by atoms with Crippen molar-refractivity contribution in [2.45, 2.75) is 26.7 Å². The largest absolute Gasteiger partial charge is 0.362 e. The van der Waals surface area contributed by atoms with Crippen molar-refractivity contribution in [3.63, 3.8) is 0 Å². The van der Waals surface area contributed by atoms with Crippen LogP contribution < -0.4 is 10.6 Å². The van der Waals surface area contributed by atoms with Gasteiger partial charge in [-0.2, -0.15) is 0 Å². The molecule has 0 bridgehead atoms. The van der Waals surface area contributed by atoms with Gasteiger partial charge in [0.25, 0.3) is 0 Å². The molecule has 0 saturated carbocycles. The number of benzene rings is 1. The molecule has 0 aliphatic carbocycles. The molecular formula is C16H23N3. The fraction of sp³-hybridized carbons (Fsp3) is 0.438. The molecule has 0 amide bonds. The van der Waals surface area contributed by atoms with Gasteiger partial charge in [-0.15, -0.1) is 0 Å². The minimum Gasteiger partial charge on any atom is -0.362 e. The van der Waals surface area contributed by atoms with Crippen LogP contribution in [0, 0.1) is 13.8 Å². The molecule has 0 spiro atoms. The van der Waals surface area contributed by atoms with E-state index in [1.165, 1.54) is 22.1 Å². The summed E-state index contributed by atoms with van der Waals surface area (Å²) in [5, 5.41) is 1.26. The predicted octanol–water partition coefficient (Wildman–Crippen LogP) is 2.81. The molecule has 1 heterocycles. The Morgan fingerprint density at radius 3 is 2.47 bits per heavy atom. The summed E-state index contributed by atoms with van der Waals surface area (Å²) >= 11 is 0. The molecule has 3 heteroatoms. The van der Waals surface area contributed by atoms with E-state index < -0.39 is 0 Å². The Morgan fingerprint density at radius 2 is 1.84 bits per heavy atom. The average molecular weight is 257 g/mol. The van der Waals surface area contributed by atoms with Gasteiger partial charge in [0.15, 0.2) is 0 Å². The van der Waals surface area contributed by atoms with Crippen LogP contribution in [0.5, 0.6) is 0 Å². The van der Waals surface area contributed by atoms with Gasteiger partial charge in [0.2, 0.25) is 0 Å². The molecule has 0 unspecified atom stereocenters. The Labute approximate surface area is 115 Å². The van der Waals surface area contributed by atoms with Crippen LogP contribution in [-0.4, -0.2) is 25.6 Å². The fourth-order valence-electron chi connectivity index (χ4n) is 2.43. The number of aryl methyl sites for hydroxylation is 3. The Hall–Kier alpha value is -1.61. The Morgan fingerprint density at radius 1 is 1.16 bits per heavy atom. The summed E-state index contributed by atoms with van der Waals surface area (Å²) in [4.78, 5) is 6.96. The lowest BCUT2D eigenvalue weighted by atomic mass is 10.0.